The monoisotopic (exact) mass is 429 g/mol. The Morgan fingerprint density at radius 3 is 2.50 bits per heavy atom. The highest BCUT2D eigenvalue weighted by Crippen LogP contribution is 2.29. The van der Waals surface area contributed by atoms with Crippen LogP contribution in [0.2, 0.25) is 0 Å². The average Bonchev–Trinajstić information content (AvgIpc) is 2.73. The lowest BCUT2D eigenvalue weighted by atomic mass is 10.2. The maximum absolute atomic E-state index is 13.0. The van der Waals surface area contributed by atoms with E-state index in [2.05, 4.69) is 10.3 Å². The van der Waals surface area contributed by atoms with Crippen LogP contribution in [-0.2, 0) is 14.3 Å². The molecule has 1 atom stereocenters. The van der Waals surface area contributed by atoms with Gasteiger partial charge >= 0.3 is 5.97 Å². The van der Waals surface area contributed by atoms with Gasteiger partial charge in [-0.1, -0.05) is 11.8 Å². The number of benzene rings is 2. The minimum Gasteiger partial charge on any atom is -0.462 e. The van der Waals surface area contributed by atoms with Crippen molar-refractivity contribution < 1.29 is 23.5 Å². The van der Waals surface area contributed by atoms with Gasteiger partial charge in [0.05, 0.1) is 17.9 Å². The van der Waals surface area contributed by atoms with Crippen LogP contribution in [0.1, 0.15) is 23.7 Å². The largest absolute Gasteiger partial charge is 0.462 e. The number of aliphatic imine (C=N–C) groups is 1. The molecule has 1 fully saturated rings. The molecule has 1 unspecified atom stereocenters. The van der Waals surface area contributed by atoms with Crippen LogP contribution in [0.3, 0.4) is 0 Å². The highest BCUT2D eigenvalue weighted by atomic mass is 32.2. The summed E-state index contributed by atoms with van der Waals surface area (Å²) >= 11 is 1.16. The summed E-state index contributed by atoms with van der Waals surface area (Å²) in [7, 11) is 1.59. The van der Waals surface area contributed by atoms with Crippen LogP contribution >= 0.6 is 11.8 Å². The number of nitrogens with one attached hydrogen (secondary N) is 1. The first-order valence-corrected chi connectivity index (χ1v) is 10.1. The Hall–Kier alpha value is -3.20. The van der Waals surface area contributed by atoms with Gasteiger partial charge in [-0.2, -0.15) is 0 Å². The maximum atomic E-state index is 13.0. The second kappa shape index (κ2) is 9.53. The van der Waals surface area contributed by atoms with Gasteiger partial charge in [0, 0.05) is 19.2 Å². The maximum Gasteiger partial charge on any atom is 0.338 e. The molecule has 1 aliphatic heterocycles. The first kappa shape index (κ1) is 21.5. The number of rotatable bonds is 5. The van der Waals surface area contributed by atoms with E-state index >= 15 is 0 Å². The Balaban J connectivity index is 1.73. The fourth-order valence-electron chi connectivity index (χ4n) is 2.65. The Labute approximate surface area is 177 Å². The summed E-state index contributed by atoms with van der Waals surface area (Å²) in [5.74, 6) is -1.43. The second-order valence-corrected chi connectivity index (χ2v) is 7.59. The molecule has 9 heteroatoms. The van der Waals surface area contributed by atoms with Crippen molar-refractivity contribution in [2.24, 2.45) is 4.99 Å². The number of halogens is 1. The summed E-state index contributed by atoms with van der Waals surface area (Å²) in [5, 5.41) is 2.39. The van der Waals surface area contributed by atoms with Gasteiger partial charge in [0.2, 0.25) is 11.8 Å². The van der Waals surface area contributed by atoms with Crippen molar-refractivity contribution >= 4 is 46.1 Å². The van der Waals surface area contributed by atoms with Crippen molar-refractivity contribution in [1.29, 1.82) is 0 Å². The normalized spacial score (nSPS) is 17.7. The molecule has 0 radical (unpaired) electrons. The van der Waals surface area contributed by atoms with Crippen molar-refractivity contribution in [3.05, 3.63) is 59.9 Å². The Morgan fingerprint density at radius 2 is 1.87 bits per heavy atom. The van der Waals surface area contributed by atoms with Crippen LogP contribution in [-0.4, -0.2) is 46.8 Å². The second-order valence-electron chi connectivity index (χ2n) is 6.42. The first-order chi connectivity index (χ1) is 14.4. The van der Waals surface area contributed by atoms with Crippen LogP contribution in [0, 0.1) is 5.82 Å². The lowest BCUT2D eigenvalue weighted by Gasteiger charge is -2.28. The molecular formula is C21H20FN3O4S. The molecule has 0 aromatic heterocycles. The number of thioether (sulfide) groups is 1. The molecular weight excluding hydrogens is 409 g/mol. The van der Waals surface area contributed by atoms with Gasteiger partial charge in [-0.15, -0.1) is 0 Å². The third-order valence-corrected chi connectivity index (χ3v) is 5.52. The van der Waals surface area contributed by atoms with Gasteiger partial charge in [-0.3, -0.25) is 14.5 Å². The molecule has 1 heterocycles. The van der Waals surface area contributed by atoms with E-state index in [0.29, 0.717) is 22.1 Å². The van der Waals surface area contributed by atoms with E-state index in [1.54, 1.807) is 38.2 Å². The average molecular weight is 429 g/mol. The lowest BCUT2D eigenvalue weighted by Crippen LogP contribution is -2.43. The summed E-state index contributed by atoms with van der Waals surface area (Å²) in [6.45, 7) is 2.02. The molecule has 30 heavy (non-hydrogen) atoms. The summed E-state index contributed by atoms with van der Waals surface area (Å²) < 4.78 is 18.0. The predicted molar refractivity (Wildman–Crippen MR) is 113 cm³/mol. The third-order valence-electron chi connectivity index (χ3n) is 4.28. The molecule has 1 N–H and O–H groups in total. The zero-order valence-electron chi connectivity index (χ0n) is 16.4. The van der Waals surface area contributed by atoms with Gasteiger partial charge in [-0.05, 0) is 55.5 Å². The van der Waals surface area contributed by atoms with Crippen LogP contribution in [0.15, 0.2) is 53.5 Å². The molecule has 1 aliphatic rings. The molecule has 2 aromatic carbocycles. The number of nitrogens with zero attached hydrogens (tertiary/aromatic N) is 2. The Bertz CT molecular complexity index is 977. The third kappa shape index (κ3) is 5.24. The van der Waals surface area contributed by atoms with Crippen LogP contribution < -0.4 is 5.32 Å². The van der Waals surface area contributed by atoms with E-state index in [-0.39, 0.29) is 24.8 Å². The summed E-state index contributed by atoms with van der Waals surface area (Å²) in [6.07, 6.45) is 0.0228. The molecule has 1 saturated heterocycles. The van der Waals surface area contributed by atoms with Gasteiger partial charge in [-0.25, -0.2) is 14.2 Å². The number of hydrogen-bond acceptors (Lipinski definition) is 6. The highest BCUT2D eigenvalue weighted by molar-refractivity contribution is 8.15. The van der Waals surface area contributed by atoms with Crippen molar-refractivity contribution in [1.82, 2.24) is 4.90 Å². The van der Waals surface area contributed by atoms with Crippen LogP contribution in [0.5, 0.6) is 0 Å². The molecule has 3 rings (SSSR count). The quantitative estimate of drug-likeness (QED) is 0.734. The smallest absolute Gasteiger partial charge is 0.338 e. The highest BCUT2D eigenvalue weighted by Gasteiger charge is 2.34. The zero-order valence-corrected chi connectivity index (χ0v) is 17.2. The number of amides is 2. The number of amidine groups is 1. The molecule has 0 aliphatic carbocycles. The van der Waals surface area contributed by atoms with Gasteiger partial charge in [0.25, 0.3) is 0 Å². The summed E-state index contributed by atoms with van der Waals surface area (Å²) in [5.41, 5.74) is 1.38. The molecule has 156 valence electrons. The van der Waals surface area contributed by atoms with Crippen LogP contribution in [0.25, 0.3) is 0 Å². The van der Waals surface area contributed by atoms with Crippen molar-refractivity contribution in [3.63, 3.8) is 0 Å². The van der Waals surface area contributed by atoms with Crippen LogP contribution in [0.4, 0.5) is 15.8 Å². The van der Waals surface area contributed by atoms with Crippen molar-refractivity contribution in [2.75, 3.05) is 19.0 Å². The molecule has 2 aromatic rings. The zero-order chi connectivity index (χ0) is 21.7. The van der Waals surface area contributed by atoms with E-state index in [1.807, 2.05) is 0 Å². The fraction of sp³-hybridized carbons (Fsp3) is 0.238. The minimum atomic E-state index is -0.670. The first-order valence-electron chi connectivity index (χ1n) is 9.23. The van der Waals surface area contributed by atoms with Gasteiger partial charge in [0.15, 0.2) is 5.17 Å². The van der Waals surface area contributed by atoms with Crippen molar-refractivity contribution in [3.8, 4) is 0 Å². The topological polar surface area (TPSA) is 88.1 Å². The Morgan fingerprint density at radius 1 is 1.20 bits per heavy atom. The minimum absolute atomic E-state index is 0.0228. The van der Waals surface area contributed by atoms with E-state index < -0.39 is 17.0 Å². The van der Waals surface area contributed by atoms with E-state index in [4.69, 9.17) is 4.74 Å². The molecule has 2 amide bonds. The molecule has 0 bridgehead atoms. The SMILES string of the molecule is CCOC(=O)c1ccc(N=C2SC(C(=O)Nc3ccc(F)cc3)CC(=O)N2C)cc1. The predicted octanol–water partition coefficient (Wildman–Crippen LogP) is 3.59. The standard InChI is InChI=1S/C21H20FN3O4S/c1-3-29-20(28)13-4-8-16(9-5-13)24-21-25(2)18(26)12-17(30-21)19(27)23-15-10-6-14(22)7-11-15/h4-11,17H,3,12H2,1-2H3,(H,23,27). The summed E-state index contributed by atoms with van der Waals surface area (Å²) in [4.78, 5) is 42.5. The molecule has 7 nitrogen and oxygen atoms in total. The van der Waals surface area contributed by atoms with Crippen molar-refractivity contribution in [2.45, 2.75) is 18.6 Å². The summed E-state index contributed by atoms with van der Waals surface area (Å²) in [6, 6.07) is 11.9. The molecule has 0 spiro atoms. The van der Waals surface area contributed by atoms with E-state index in [1.165, 1.54) is 29.2 Å². The van der Waals surface area contributed by atoms with Gasteiger partial charge in [0.1, 0.15) is 11.1 Å². The number of hydrogen-bond donors (Lipinski definition) is 1. The van der Waals surface area contributed by atoms with E-state index in [9.17, 15) is 18.8 Å². The van der Waals surface area contributed by atoms with E-state index in [0.717, 1.165) is 11.8 Å². The number of carbonyl (C=O) groups is 3. The fourth-order valence-corrected chi connectivity index (χ4v) is 3.72. The number of anilines is 1. The lowest BCUT2D eigenvalue weighted by molar-refractivity contribution is -0.128. The number of carbonyl (C=O) groups excluding carboxylic acids is 3. The van der Waals surface area contributed by atoms with Gasteiger partial charge < -0.3 is 10.1 Å². The number of ether oxygens (including phenoxy) is 1. The number of esters is 1. The Kier molecular flexibility index (Phi) is 6.83. The molecule has 0 saturated carbocycles.